The number of nitriles is 1. The lowest BCUT2D eigenvalue weighted by molar-refractivity contribution is 1.16. The van der Waals surface area contributed by atoms with Gasteiger partial charge in [-0.2, -0.15) is 5.26 Å². The first-order valence-electron chi connectivity index (χ1n) is 6.55. The Kier molecular flexibility index (Phi) is 3.72. The molecule has 0 aliphatic rings. The average Bonchev–Trinajstić information content (AvgIpc) is 2.93. The second kappa shape index (κ2) is 5.82. The molecule has 3 rings (SSSR count). The quantitative estimate of drug-likeness (QED) is 0.775. The van der Waals surface area contributed by atoms with Gasteiger partial charge >= 0.3 is 0 Å². The molecular formula is C17H12ClN3. The van der Waals surface area contributed by atoms with Crippen molar-refractivity contribution in [1.29, 1.82) is 5.26 Å². The largest absolute Gasteiger partial charge is 0.340 e. The second-order valence-corrected chi connectivity index (χ2v) is 5.06. The highest BCUT2D eigenvalue weighted by atomic mass is 35.5. The fourth-order valence-electron chi connectivity index (χ4n) is 2.20. The summed E-state index contributed by atoms with van der Waals surface area (Å²) >= 11 is 5.91. The van der Waals surface area contributed by atoms with Crippen LogP contribution in [0.15, 0.2) is 54.6 Å². The minimum absolute atomic E-state index is 0.296. The lowest BCUT2D eigenvalue weighted by Crippen LogP contribution is -1.86. The van der Waals surface area contributed by atoms with Crippen molar-refractivity contribution in [3.05, 3.63) is 65.3 Å². The van der Waals surface area contributed by atoms with E-state index >= 15 is 0 Å². The van der Waals surface area contributed by atoms with E-state index in [1.165, 1.54) is 0 Å². The molecule has 102 valence electrons. The molecule has 1 N–H and O–H groups in total. The van der Waals surface area contributed by atoms with Crippen LogP contribution >= 0.6 is 11.6 Å². The molecule has 4 heteroatoms. The van der Waals surface area contributed by atoms with Gasteiger partial charge in [-0.15, -0.1) is 0 Å². The first-order valence-corrected chi connectivity index (χ1v) is 6.93. The highest BCUT2D eigenvalue weighted by molar-refractivity contribution is 6.30. The maximum absolute atomic E-state index is 8.99. The molecule has 1 heterocycles. The number of benzene rings is 2. The molecule has 0 radical (unpaired) electrons. The number of nitrogens with zero attached hydrogens (tertiary/aromatic N) is 2. The van der Waals surface area contributed by atoms with Crippen molar-refractivity contribution in [1.82, 2.24) is 9.97 Å². The number of hydrogen-bond acceptors (Lipinski definition) is 2. The topological polar surface area (TPSA) is 52.5 Å². The van der Waals surface area contributed by atoms with Gasteiger partial charge in [-0.25, -0.2) is 4.98 Å². The molecule has 0 aliphatic carbocycles. The SMILES string of the molecule is N#CCc1[nH]c(-c2ccc(Cl)cc2)nc1-c1ccccc1. The van der Waals surface area contributed by atoms with Crippen LogP contribution in [0.4, 0.5) is 0 Å². The number of imidazole rings is 1. The van der Waals surface area contributed by atoms with Crippen molar-refractivity contribution in [3.63, 3.8) is 0 Å². The van der Waals surface area contributed by atoms with Crippen molar-refractivity contribution < 1.29 is 0 Å². The molecule has 0 unspecified atom stereocenters. The lowest BCUT2D eigenvalue weighted by Gasteiger charge is -1.98. The van der Waals surface area contributed by atoms with Crippen LogP contribution in [0.25, 0.3) is 22.6 Å². The molecule has 2 aromatic carbocycles. The predicted molar refractivity (Wildman–Crippen MR) is 83.8 cm³/mol. The van der Waals surface area contributed by atoms with E-state index in [1.807, 2.05) is 54.6 Å². The minimum Gasteiger partial charge on any atom is -0.340 e. The van der Waals surface area contributed by atoms with Crippen LogP contribution in [0.2, 0.25) is 5.02 Å². The maximum atomic E-state index is 8.99. The van der Waals surface area contributed by atoms with Crippen molar-refractivity contribution in [2.75, 3.05) is 0 Å². The Morgan fingerprint density at radius 2 is 1.71 bits per heavy atom. The van der Waals surface area contributed by atoms with Gasteiger partial charge in [0.25, 0.3) is 0 Å². The van der Waals surface area contributed by atoms with Gasteiger partial charge in [0.15, 0.2) is 0 Å². The molecule has 0 saturated carbocycles. The summed E-state index contributed by atoms with van der Waals surface area (Å²) in [6.07, 6.45) is 0.296. The number of H-pyrrole nitrogens is 1. The molecule has 0 bridgehead atoms. The average molecular weight is 294 g/mol. The number of rotatable bonds is 3. The van der Waals surface area contributed by atoms with E-state index in [0.29, 0.717) is 11.4 Å². The Hall–Kier alpha value is -2.57. The summed E-state index contributed by atoms with van der Waals surface area (Å²) in [7, 11) is 0. The summed E-state index contributed by atoms with van der Waals surface area (Å²) in [5.74, 6) is 0.746. The summed E-state index contributed by atoms with van der Waals surface area (Å²) in [6.45, 7) is 0. The zero-order chi connectivity index (χ0) is 14.7. The van der Waals surface area contributed by atoms with E-state index < -0.39 is 0 Å². The van der Waals surface area contributed by atoms with E-state index in [9.17, 15) is 0 Å². The smallest absolute Gasteiger partial charge is 0.138 e. The minimum atomic E-state index is 0.296. The van der Waals surface area contributed by atoms with E-state index in [2.05, 4.69) is 16.0 Å². The van der Waals surface area contributed by atoms with E-state index in [4.69, 9.17) is 16.9 Å². The van der Waals surface area contributed by atoms with Crippen LogP contribution in [-0.2, 0) is 6.42 Å². The highest BCUT2D eigenvalue weighted by Crippen LogP contribution is 2.27. The van der Waals surface area contributed by atoms with Gasteiger partial charge in [-0.3, -0.25) is 0 Å². The van der Waals surface area contributed by atoms with Gasteiger partial charge in [-0.05, 0) is 24.3 Å². The van der Waals surface area contributed by atoms with Crippen LogP contribution in [-0.4, -0.2) is 9.97 Å². The van der Waals surface area contributed by atoms with Gasteiger partial charge in [0.1, 0.15) is 5.82 Å². The van der Waals surface area contributed by atoms with Gasteiger partial charge < -0.3 is 4.98 Å². The molecule has 0 aliphatic heterocycles. The maximum Gasteiger partial charge on any atom is 0.138 e. The molecular weight excluding hydrogens is 282 g/mol. The first kappa shape index (κ1) is 13.4. The third kappa shape index (κ3) is 2.81. The van der Waals surface area contributed by atoms with Crippen LogP contribution in [0.5, 0.6) is 0 Å². The fraction of sp³-hybridized carbons (Fsp3) is 0.0588. The number of aromatic amines is 1. The Labute approximate surface area is 127 Å². The van der Waals surface area contributed by atoms with Crippen LogP contribution in [0.1, 0.15) is 5.69 Å². The Morgan fingerprint density at radius 1 is 1.00 bits per heavy atom. The van der Waals surface area contributed by atoms with Gasteiger partial charge in [0.2, 0.25) is 0 Å². The summed E-state index contributed by atoms with van der Waals surface area (Å²) in [6, 6.07) is 19.5. The van der Waals surface area contributed by atoms with Crippen molar-refractivity contribution in [2.45, 2.75) is 6.42 Å². The van der Waals surface area contributed by atoms with E-state index in [-0.39, 0.29) is 0 Å². The molecule has 3 aromatic rings. The molecule has 3 nitrogen and oxygen atoms in total. The van der Waals surface area contributed by atoms with Gasteiger partial charge in [0.05, 0.1) is 23.9 Å². The zero-order valence-electron chi connectivity index (χ0n) is 11.2. The van der Waals surface area contributed by atoms with Gasteiger partial charge in [0, 0.05) is 16.1 Å². The van der Waals surface area contributed by atoms with Gasteiger partial charge in [-0.1, -0.05) is 41.9 Å². The first-order chi connectivity index (χ1) is 10.3. The molecule has 1 aromatic heterocycles. The molecule has 0 spiro atoms. The van der Waals surface area contributed by atoms with E-state index in [0.717, 1.165) is 28.3 Å². The predicted octanol–water partition coefficient (Wildman–Crippen LogP) is 4.46. The monoisotopic (exact) mass is 293 g/mol. The molecule has 21 heavy (non-hydrogen) atoms. The number of aromatic nitrogens is 2. The summed E-state index contributed by atoms with van der Waals surface area (Å²) in [5.41, 5.74) is 3.59. The van der Waals surface area contributed by atoms with E-state index in [1.54, 1.807) is 0 Å². The summed E-state index contributed by atoms with van der Waals surface area (Å²) in [5, 5.41) is 9.68. The summed E-state index contributed by atoms with van der Waals surface area (Å²) in [4.78, 5) is 7.89. The number of hydrogen-bond donors (Lipinski definition) is 1. The van der Waals surface area contributed by atoms with Crippen molar-refractivity contribution >= 4 is 11.6 Å². The van der Waals surface area contributed by atoms with Crippen LogP contribution in [0, 0.1) is 11.3 Å². The second-order valence-electron chi connectivity index (χ2n) is 4.62. The lowest BCUT2D eigenvalue weighted by atomic mass is 10.1. The van der Waals surface area contributed by atoms with Crippen LogP contribution < -0.4 is 0 Å². The van der Waals surface area contributed by atoms with Crippen LogP contribution in [0.3, 0.4) is 0 Å². The molecule has 0 saturated heterocycles. The van der Waals surface area contributed by atoms with Crippen molar-refractivity contribution in [3.8, 4) is 28.7 Å². The number of halogens is 1. The standard InChI is InChI=1S/C17H12ClN3/c18-14-8-6-13(7-9-14)17-20-15(10-11-19)16(21-17)12-4-2-1-3-5-12/h1-9H,10H2,(H,20,21). The Balaban J connectivity index is 2.09. The number of nitrogens with one attached hydrogen (secondary N) is 1. The third-order valence-electron chi connectivity index (χ3n) is 3.20. The summed E-state index contributed by atoms with van der Waals surface area (Å²) < 4.78 is 0. The van der Waals surface area contributed by atoms with Crippen molar-refractivity contribution in [2.24, 2.45) is 0 Å². The zero-order valence-corrected chi connectivity index (χ0v) is 11.9. The third-order valence-corrected chi connectivity index (χ3v) is 3.45. The molecule has 0 fully saturated rings. The highest BCUT2D eigenvalue weighted by Gasteiger charge is 2.13. The normalized spacial score (nSPS) is 10.3. The molecule has 0 amide bonds. The fourth-order valence-corrected chi connectivity index (χ4v) is 2.32. The molecule has 0 atom stereocenters. The Bertz CT molecular complexity index is 783. The Morgan fingerprint density at radius 3 is 2.38 bits per heavy atom.